The first-order valence-electron chi connectivity index (χ1n) is 6.46. The molecule has 0 heterocycles. The zero-order chi connectivity index (χ0) is 13.8. The molecule has 0 amide bonds. The van der Waals surface area contributed by atoms with Crippen LogP contribution >= 0.6 is 15.9 Å². The van der Waals surface area contributed by atoms with Crippen LogP contribution in [0.1, 0.15) is 31.2 Å². The van der Waals surface area contributed by atoms with Gasteiger partial charge in [0.15, 0.2) is 0 Å². The zero-order valence-electron chi connectivity index (χ0n) is 10.5. The number of carbonyl (C=O) groups is 1. The molecule has 1 aliphatic rings. The summed E-state index contributed by atoms with van der Waals surface area (Å²) >= 11 is 3.22. The van der Waals surface area contributed by atoms with Gasteiger partial charge in [0.2, 0.25) is 0 Å². The van der Waals surface area contributed by atoms with E-state index in [2.05, 4.69) is 21.2 Å². The molecule has 2 unspecified atom stereocenters. The Balaban J connectivity index is 1.89. The van der Waals surface area contributed by atoms with Crippen molar-refractivity contribution in [2.24, 2.45) is 5.92 Å². The summed E-state index contributed by atoms with van der Waals surface area (Å²) in [6.45, 7) is 0.441. The van der Waals surface area contributed by atoms with Crippen LogP contribution in [0.25, 0.3) is 0 Å². The monoisotopic (exact) mass is 329 g/mol. The third-order valence-electron chi connectivity index (χ3n) is 3.62. The standard InChI is InChI=1S/C14H17BrFNO2/c15-11-5-4-10(13(16)7-11)8-17-12-3-1-2-9(6-12)14(18)19/h4-5,7,9,12,17H,1-3,6,8H2,(H,18,19). The second kappa shape index (κ2) is 6.48. The van der Waals surface area contributed by atoms with Gasteiger partial charge in [-0.1, -0.05) is 28.4 Å². The van der Waals surface area contributed by atoms with Crippen molar-refractivity contribution in [2.75, 3.05) is 0 Å². The van der Waals surface area contributed by atoms with Crippen LogP contribution in [-0.2, 0) is 11.3 Å². The fourth-order valence-corrected chi connectivity index (χ4v) is 2.85. The first-order valence-corrected chi connectivity index (χ1v) is 7.25. The third kappa shape index (κ3) is 4.01. The summed E-state index contributed by atoms with van der Waals surface area (Å²) in [6.07, 6.45) is 3.26. The Hall–Kier alpha value is -0.940. The van der Waals surface area contributed by atoms with E-state index in [1.165, 1.54) is 6.07 Å². The summed E-state index contributed by atoms with van der Waals surface area (Å²) in [4.78, 5) is 11.0. The molecule has 1 fully saturated rings. The molecular formula is C14H17BrFNO2. The van der Waals surface area contributed by atoms with Crippen molar-refractivity contribution < 1.29 is 14.3 Å². The number of aliphatic carboxylic acids is 1. The number of halogens is 2. The third-order valence-corrected chi connectivity index (χ3v) is 4.11. The van der Waals surface area contributed by atoms with Gasteiger partial charge < -0.3 is 10.4 Å². The molecule has 0 aliphatic heterocycles. The van der Waals surface area contributed by atoms with Crippen molar-refractivity contribution in [1.82, 2.24) is 5.32 Å². The predicted molar refractivity (Wildman–Crippen MR) is 74.3 cm³/mol. The van der Waals surface area contributed by atoms with Crippen LogP contribution in [0.3, 0.4) is 0 Å². The van der Waals surface area contributed by atoms with Crippen molar-refractivity contribution in [3.63, 3.8) is 0 Å². The molecule has 104 valence electrons. The lowest BCUT2D eigenvalue weighted by molar-refractivity contribution is -0.143. The largest absolute Gasteiger partial charge is 0.481 e. The van der Waals surface area contributed by atoms with E-state index in [0.29, 0.717) is 18.5 Å². The topological polar surface area (TPSA) is 49.3 Å². The lowest BCUT2D eigenvalue weighted by atomic mass is 9.86. The van der Waals surface area contributed by atoms with Gasteiger partial charge in [-0.2, -0.15) is 0 Å². The van der Waals surface area contributed by atoms with Gasteiger partial charge in [0.05, 0.1) is 5.92 Å². The molecule has 5 heteroatoms. The quantitative estimate of drug-likeness (QED) is 0.890. The summed E-state index contributed by atoms with van der Waals surface area (Å²) in [5.74, 6) is -1.23. The van der Waals surface area contributed by atoms with E-state index >= 15 is 0 Å². The number of nitrogens with one attached hydrogen (secondary N) is 1. The molecule has 0 spiro atoms. The highest BCUT2D eigenvalue weighted by molar-refractivity contribution is 9.10. The average molecular weight is 330 g/mol. The molecule has 1 aliphatic carbocycles. The number of carboxylic acid groups (broad SMARTS) is 1. The second-order valence-corrected chi connectivity index (χ2v) is 5.93. The van der Waals surface area contributed by atoms with E-state index in [1.54, 1.807) is 12.1 Å². The van der Waals surface area contributed by atoms with Crippen molar-refractivity contribution in [2.45, 2.75) is 38.3 Å². The zero-order valence-corrected chi connectivity index (χ0v) is 12.1. The van der Waals surface area contributed by atoms with Gasteiger partial charge in [-0.05, 0) is 31.4 Å². The van der Waals surface area contributed by atoms with Crippen molar-refractivity contribution in [1.29, 1.82) is 0 Å². The molecule has 1 aromatic carbocycles. The molecule has 1 aromatic rings. The first kappa shape index (κ1) is 14.5. The Morgan fingerprint density at radius 1 is 1.47 bits per heavy atom. The van der Waals surface area contributed by atoms with Crippen LogP contribution in [-0.4, -0.2) is 17.1 Å². The first-order chi connectivity index (χ1) is 9.06. The number of benzene rings is 1. The van der Waals surface area contributed by atoms with Gasteiger partial charge >= 0.3 is 5.97 Å². The Labute approximate surface area is 120 Å². The van der Waals surface area contributed by atoms with Crippen LogP contribution in [0, 0.1) is 11.7 Å². The second-order valence-electron chi connectivity index (χ2n) is 5.02. The SMILES string of the molecule is O=C(O)C1CCCC(NCc2ccc(Br)cc2F)C1. The van der Waals surface area contributed by atoms with Crippen LogP contribution in [0.4, 0.5) is 4.39 Å². The molecule has 0 saturated heterocycles. The maximum atomic E-state index is 13.6. The molecule has 3 nitrogen and oxygen atoms in total. The van der Waals surface area contributed by atoms with Gasteiger partial charge in [-0.15, -0.1) is 0 Å². The summed E-state index contributed by atoms with van der Waals surface area (Å²) < 4.78 is 14.4. The lowest BCUT2D eigenvalue weighted by Crippen LogP contribution is -2.36. The Bertz CT molecular complexity index is 467. The van der Waals surface area contributed by atoms with Crippen molar-refractivity contribution in [3.05, 3.63) is 34.1 Å². The van der Waals surface area contributed by atoms with E-state index in [9.17, 15) is 9.18 Å². The highest BCUT2D eigenvalue weighted by atomic mass is 79.9. The van der Waals surface area contributed by atoms with Gasteiger partial charge in [0.25, 0.3) is 0 Å². The van der Waals surface area contributed by atoms with Gasteiger partial charge in [-0.3, -0.25) is 4.79 Å². The normalized spacial score (nSPS) is 23.3. The summed E-state index contributed by atoms with van der Waals surface area (Å²) in [5, 5.41) is 12.3. The van der Waals surface area contributed by atoms with Gasteiger partial charge in [-0.25, -0.2) is 4.39 Å². The van der Waals surface area contributed by atoms with Crippen LogP contribution < -0.4 is 5.32 Å². The smallest absolute Gasteiger partial charge is 0.306 e. The molecule has 2 rings (SSSR count). The minimum atomic E-state index is -0.721. The number of carboxylic acids is 1. The summed E-state index contributed by atoms with van der Waals surface area (Å²) in [6, 6.07) is 5.15. The Morgan fingerprint density at radius 3 is 2.95 bits per heavy atom. The Morgan fingerprint density at radius 2 is 2.26 bits per heavy atom. The van der Waals surface area contributed by atoms with Crippen LogP contribution in [0.2, 0.25) is 0 Å². The minimum Gasteiger partial charge on any atom is -0.481 e. The van der Waals surface area contributed by atoms with Gasteiger partial charge in [0, 0.05) is 22.6 Å². The fraction of sp³-hybridized carbons (Fsp3) is 0.500. The highest BCUT2D eigenvalue weighted by Crippen LogP contribution is 2.25. The maximum Gasteiger partial charge on any atom is 0.306 e. The van der Waals surface area contributed by atoms with E-state index in [0.717, 1.165) is 23.7 Å². The fourth-order valence-electron chi connectivity index (χ4n) is 2.52. The maximum absolute atomic E-state index is 13.6. The predicted octanol–water partition coefficient (Wildman–Crippen LogP) is 3.32. The Kier molecular flexibility index (Phi) is 4.93. The lowest BCUT2D eigenvalue weighted by Gasteiger charge is -2.27. The number of hydrogen-bond donors (Lipinski definition) is 2. The summed E-state index contributed by atoms with van der Waals surface area (Å²) in [7, 11) is 0. The molecule has 0 radical (unpaired) electrons. The van der Waals surface area contributed by atoms with Crippen LogP contribution in [0.5, 0.6) is 0 Å². The van der Waals surface area contributed by atoms with Gasteiger partial charge in [0.1, 0.15) is 5.82 Å². The van der Waals surface area contributed by atoms with Crippen LogP contribution in [0.15, 0.2) is 22.7 Å². The molecule has 1 saturated carbocycles. The van der Waals surface area contributed by atoms with E-state index in [4.69, 9.17) is 5.11 Å². The highest BCUT2D eigenvalue weighted by Gasteiger charge is 2.26. The molecule has 2 N–H and O–H groups in total. The van der Waals surface area contributed by atoms with E-state index in [1.807, 2.05) is 0 Å². The molecule has 2 atom stereocenters. The van der Waals surface area contributed by atoms with Crippen molar-refractivity contribution >= 4 is 21.9 Å². The molecule has 0 aromatic heterocycles. The number of hydrogen-bond acceptors (Lipinski definition) is 2. The van der Waals surface area contributed by atoms with E-state index < -0.39 is 5.97 Å². The number of rotatable bonds is 4. The summed E-state index contributed by atoms with van der Waals surface area (Å²) in [5.41, 5.74) is 0.612. The van der Waals surface area contributed by atoms with E-state index in [-0.39, 0.29) is 17.8 Å². The molecule has 0 bridgehead atoms. The average Bonchev–Trinajstić information content (AvgIpc) is 2.38. The molecular weight excluding hydrogens is 313 g/mol. The molecule has 19 heavy (non-hydrogen) atoms. The minimum absolute atomic E-state index is 0.165. The van der Waals surface area contributed by atoms with Crippen molar-refractivity contribution in [3.8, 4) is 0 Å².